The molecule has 21 heavy (non-hydrogen) atoms. The molecule has 1 aromatic heterocycles. The third-order valence-corrected chi connectivity index (χ3v) is 3.37. The van der Waals surface area contributed by atoms with Crippen molar-refractivity contribution in [1.82, 2.24) is 9.78 Å². The number of benzene rings is 2. The van der Waals surface area contributed by atoms with E-state index in [4.69, 9.17) is 5.73 Å². The molecule has 0 saturated heterocycles. The van der Waals surface area contributed by atoms with Crippen molar-refractivity contribution >= 4 is 5.69 Å². The maximum absolute atomic E-state index is 9.23. The first-order valence-electron chi connectivity index (χ1n) is 6.60. The van der Waals surface area contributed by atoms with E-state index in [1.165, 1.54) is 0 Å². The SMILES string of the molecule is Cc1ccc(C#N)c(-n2cc(-c3ccccc3N)cn2)c1. The van der Waals surface area contributed by atoms with Gasteiger partial charge in [-0.25, -0.2) is 4.68 Å². The smallest absolute Gasteiger partial charge is 0.101 e. The Kier molecular flexibility index (Phi) is 3.17. The normalized spacial score (nSPS) is 10.3. The summed E-state index contributed by atoms with van der Waals surface area (Å²) < 4.78 is 1.72. The Balaban J connectivity index is 2.10. The van der Waals surface area contributed by atoms with E-state index in [0.29, 0.717) is 11.3 Å². The zero-order valence-electron chi connectivity index (χ0n) is 11.6. The molecule has 0 saturated carbocycles. The summed E-state index contributed by atoms with van der Waals surface area (Å²) in [7, 11) is 0. The van der Waals surface area contributed by atoms with Crippen LogP contribution in [-0.2, 0) is 0 Å². The van der Waals surface area contributed by atoms with Crippen LogP contribution >= 0.6 is 0 Å². The second-order valence-electron chi connectivity index (χ2n) is 4.89. The van der Waals surface area contributed by atoms with Gasteiger partial charge in [0.1, 0.15) is 6.07 Å². The van der Waals surface area contributed by atoms with Gasteiger partial charge >= 0.3 is 0 Å². The molecule has 0 aliphatic heterocycles. The summed E-state index contributed by atoms with van der Waals surface area (Å²) in [5.41, 5.74) is 11.0. The number of aromatic nitrogens is 2. The van der Waals surface area contributed by atoms with Crippen LogP contribution in [0.15, 0.2) is 54.9 Å². The minimum atomic E-state index is 0.594. The van der Waals surface area contributed by atoms with Gasteiger partial charge in [0.05, 0.1) is 17.4 Å². The van der Waals surface area contributed by atoms with Gasteiger partial charge in [0.25, 0.3) is 0 Å². The number of rotatable bonds is 2. The van der Waals surface area contributed by atoms with Gasteiger partial charge in [0, 0.05) is 23.0 Å². The summed E-state index contributed by atoms with van der Waals surface area (Å²) in [6.45, 7) is 1.99. The minimum absolute atomic E-state index is 0.594. The van der Waals surface area contributed by atoms with E-state index in [1.54, 1.807) is 10.9 Å². The predicted molar refractivity (Wildman–Crippen MR) is 82.9 cm³/mol. The Hall–Kier alpha value is -3.06. The maximum Gasteiger partial charge on any atom is 0.101 e. The Morgan fingerprint density at radius 3 is 2.76 bits per heavy atom. The topological polar surface area (TPSA) is 67.6 Å². The molecule has 0 spiro atoms. The van der Waals surface area contributed by atoms with E-state index < -0.39 is 0 Å². The van der Waals surface area contributed by atoms with Crippen LogP contribution in [0.2, 0.25) is 0 Å². The molecule has 0 amide bonds. The van der Waals surface area contributed by atoms with Crippen LogP contribution in [0.5, 0.6) is 0 Å². The quantitative estimate of drug-likeness (QED) is 0.729. The first-order chi connectivity index (χ1) is 10.2. The van der Waals surface area contributed by atoms with E-state index in [0.717, 1.165) is 22.4 Å². The van der Waals surface area contributed by atoms with Crippen LogP contribution < -0.4 is 5.73 Å². The highest BCUT2D eigenvalue weighted by Gasteiger charge is 2.09. The van der Waals surface area contributed by atoms with Crippen molar-refractivity contribution in [3.63, 3.8) is 0 Å². The molecule has 0 fully saturated rings. The maximum atomic E-state index is 9.23. The van der Waals surface area contributed by atoms with Crippen LogP contribution in [-0.4, -0.2) is 9.78 Å². The van der Waals surface area contributed by atoms with Crippen molar-refractivity contribution < 1.29 is 0 Å². The monoisotopic (exact) mass is 274 g/mol. The Morgan fingerprint density at radius 1 is 1.19 bits per heavy atom. The second-order valence-corrected chi connectivity index (χ2v) is 4.89. The Labute approximate surface area is 123 Å². The van der Waals surface area contributed by atoms with Crippen LogP contribution in [0.1, 0.15) is 11.1 Å². The zero-order valence-corrected chi connectivity index (χ0v) is 11.6. The van der Waals surface area contributed by atoms with Crippen LogP contribution in [0.3, 0.4) is 0 Å². The van der Waals surface area contributed by atoms with E-state index in [9.17, 15) is 5.26 Å². The Bertz CT molecular complexity index is 840. The fraction of sp³-hybridized carbons (Fsp3) is 0.0588. The van der Waals surface area contributed by atoms with Gasteiger partial charge in [0.15, 0.2) is 0 Å². The predicted octanol–water partition coefficient (Wildman–Crippen LogP) is 3.30. The summed E-state index contributed by atoms with van der Waals surface area (Å²) in [5, 5.41) is 13.6. The van der Waals surface area contributed by atoms with Crippen LogP contribution in [0.25, 0.3) is 16.8 Å². The lowest BCUT2D eigenvalue weighted by atomic mass is 10.1. The second kappa shape index (κ2) is 5.14. The van der Waals surface area contributed by atoms with Crippen molar-refractivity contribution in [2.45, 2.75) is 6.92 Å². The van der Waals surface area contributed by atoms with Crippen molar-refractivity contribution in [3.8, 4) is 22.9 Å². The Morgan fingerprint density at radius 2 is 2.00 bits per heavy atom. The van der Waals surface area contributed by atoms with Gasteiger partial charge in [-0.05, 0) is 30.7 Å². The van der Waals surface area contributed by atoms with Crippen molar-refractivity contribution in [1.29, 1.82) is 5.26 Å². The first kappa shape index (κ1) is 12.9. The van der Waals surface area contributed by atoms with Crippen molar-refractivity contribution in [2.75, 3.05) is 5.73 Å². The molecule has 102 valence electrons. The van der Waals surface area contributed by atoms with Gasteiger partial charge in [-0.3, -0.25) is 0 Å². The summed E-state index contributed by atoms with van der Waals surface area (Å²) in [4.78, 5) is 0. The third-order valence-electron chi connectivity index (χ3n) is 3.37. The van der Waals surface area contributed by atoms with E-state index in [1.807, 2.05) is 55.6 Å². The molecule has 0 bridgehead atoms. The molecule has 3 rings (SSSR count). The molecule has 0 atom stereocenters. The summed E-state index contributed by atoms with van der Waals surface area (Å²) in [6.07, 6.45) is 3.65. The highest BCUT2D eigenvalue weighted by molar-refractivity contribution is 5.75. The molecular weight excluding hydrogens is 260 g/mol. The van der Waals surface area contributed by atoms with Gasteiger partial charge in [-0.1, -0.05) is 24.3 Å². The van der Waals surface area contributed by atoms with Gasteiger partial charge < -0.3 is 5.73 Å². The highest BCUT2D eigenvalue weighted by Crippen LogP contribution is 2.26. The summed E-state index contributed by atoms with van der Waals surface area (Å²) in [6, 6.07) is 15.5. The fourth-order valence-electron chi connectivity index (χ4n) is 2.28. The average molecular weight is 274 g/mol. The van der Waals surface area contributed by atoms with Crippen LogP contribution in [0, 0.1) is 18.3 Å². The molecular formula is C17H14N4. The summed E-state index contributed by atoms with van der Waals surface area (Å²) in [5.74, 6) is 0. The van der Waals surface area contributed by atoms with Gasteiger partial charge in [0.2, 0.25) is 0 Å². The largest absolute Gasteiger partial charge is 0.398 e. The van der Waals surface area contributed by atoms with E-state index >= 15 is 0 Å². The molecule has 2 N–H and O–H groups in total. The summed E-state index contributed by atoms with van der Waals surface area (Å²) >= 11 is 0. The number of nitrogens with two attached hydrogens (primary N) is 1. The van der Waals surface area contributed by atoms with E-state index in [-0.39, 0.29) is 0 Å². The molecule has 0 aliphatic carbocycles. The van der Waals surface area contributed by atoms with Crippen LogP contribution in [0.4, 0.5) is 5.69 Å². The highest BCUT2D eigenvalue weighted by atomic mass is 15.3. The molecule has 4 heteroatoms. The molecule has 0 unspecified atom stereocenters. The number of nitriles is 1. The molecule has 3 aromatic rings. The van der Waals surface area contributed by atoms with Gasteiger partial charge in [-0.2, -0.15) is 10.4 Å². The minimum Gasteiger partial charge on any atom is -0.398 e. The number of para-hydroxylation sites is 1. The first-order valence-corrected chi connectivity index (χ1v) is 6.60. The van der Waals surface area contributed by atoms with Gasteiger partial charge in [-0.15, -0.1) is 0 Å². The number of nitrogens with zero attached hydrogens (tertiary/aromatic N) is 3. The standard InChI is InChI=1S/C17H14N4/c1-12-6-7-13(9-18)17(8-12)21-11-14(10-20-21)15-4-2-3-5-16(15)19/h2-8,10-11H,19H2,1H3. The third kappa shape index (κ3) is 2.37. The molecule has 0 radical (unpaired) electrons. The molecule has 2 aromatic carbocycles. The number of hydrogen-bond acceptors (Lipinski definition) is 3. The van der Waals surface area contributed by atoms with Crippen molar-refractivity contribution in [3.05, 3.63) is 66.0 Å². The molecule has 4 nitrogen and oxygen atoms in total. The lowest BCUT2D eigenvalue weighted by Gasteiger charge is -2.05. The number of aryl methyl sites for hydroxylation is 1. The number of anilines is 1. The lowest BCUT2D eigenvalue weighted by molar-refractivity contribution is 0.876. The lowest BCUT2D eigenvalue weighted by Crippen LogP contribution is -1.98. The zero-order chi connectivity index (χ0) is 14.8. The number of hydrogen-bond donors (Lipinski definition) is 1. The average Bonchev–Trinajstić information content (AvgIpc) is 2.97. The van der Waals surface area contributed by atoms with Crippen molar-refractivity contribution in [2.24, 2.45) is 0 Å². The fourth-order valence-corrected chi connectivity index (χ4v) is 2.28. The van der Waals surface area contributed by atoms with E-state index in [2.05, 4.69) is 11.2 Å². The molecule has 1 heterocycles. The number of nitrogen functional groups attached to an aromatic ring is 1. The molecule has 0 aliphatic rings.